The van der Waals surface area contributed by atoms with Crippen molar-refractivity contribution in [3.63, 3.8) is 0 Å². The Hall–Kier alpha value is -3.91. The number of nitriles is 1. The van der Waals surface area contributed by atoms with Crippen molar-refractivity contribution in [3.8, 4) is 11.8 Å². The van der Waals surface area contributed by atoms with Gasteiger partial charge in [0.05, 0.1) is 29.1 Å². The zero-order chi connectivity index (χ0) is 21.1. The number of carboxylic acids is 1. The number of benzene rings is 2. The first kappa shape index (κ1) is 20.4. The number of carboxylic acid groups (broad SMARTS) is 1. The van der Waals surface area contributed by atoms with Gasteiger partial charge < -0.3 is 15.5 Å². The lowest BCUT2D eigenvalue weighted by Crippen LogP contribution is -2.24. The van der Waals surface area contributed by atoms with Gasteiger partial charge >= 0.3 is 5.97 Å². The van der Waals surface area contributed by atoms with E-state index in [2.05, 4.69) is 10.0 Å². The van der Waals surface area contributed by atoms with E-state index in [9.17, 15) is 28.2 Å². The Morgan fingerprint density at radius 3 is 2.39 bits per heavy atom. The van der Waals surface area contributed by atoms with Crippen LogP contribution in [0.4, 0.5) is 11.4 Å². The van der Waals surface area contributed by atoms with E-state index in [-0.39, 0.29) is 28.1 Å². The van der Waals surface area contributed by atoms with Crippen molar-refractivity contribution in [1.29, 1.82) is 10.7 Å². The Bertz CT molecular complexity index is 1130. The molecule has 10 nitrogen and oxygen atoms in total. The lowest BCUT2D eigenvalue weighted by molar-refractivity contribution is -0.110. The number of rotatable bonds is 6. The van der Waals surface area contributed by atoms with Gasteiger partial charge in [-0.1, -0.05) is 0 Å². The zero-order valence-corrected chi connectivity index (χ0v) is 15.2. The van der Waals surface area contributed by atoms with Crippen LogP contribution in [0.25, 0.3) is 0 Å². The number of anilines is 2. The molecule has 0 bridgehead atoms. The number of carbonyl (C=O) groups is 2. The molecule has 0 heterocycles. The Kier molecular flexibility index (Phi) is 5.66. The van der Waals surface area contributed by atoms with Crippen LogP contribution < -0.4 is 10.0 Å². The molecule has 0 saturated heterocycles. The molecule has 1 amide bonds. The Balaban J connectivity index is 2.34. The number of hydrogen-bond acceptors (Lipinski definition) is 7. The number of phenolic OH excluding ortho intramolecular Hbond substituents is 1. The second-order valence-electron chi connectivity index (χ2n) is 5.61. The van der Waals surface area contributed by atoms with Gasteiger partial charge in [0.25, 0.3) is 5.91 Å². The molecular weight excluding hydrogens is 388 g/mol. The first-order chi connectivity index (χ1) is 13.0. The van der Waals surface area contributed by atoms with E-state index in [1.165, 1.54) is 18.2 Å². The Morgan fingerprint density at radius 2 is 1.82 bits per heavy atom. The molecule has 2 aromatic carbocycles. The van der Waals surface area contributed by atoms with Crippen molar-refractivity contribution in [2.75, 3.05) is 16.3 Å². The van der Waals surface area contributed by atoms with E-state index in [1.54, 1.807) is 6.07 Å². The third-order valence-electron chi connectivity index (χ3n) is 3.42. The van der Waals surface area contributed by atoms with E-state index in [4.69, 9.17) is 10.7 Å². The topological polar surface area (TPSA) is 180 Å². The number of aromatic hydroxyl groups is 1. The largest absolute Gasteiger partial charge is 0.507 e. The Morgan fingerprint density at radius 1 is 1.14 bits per heavy atom. The molecule has 0 aromatic heterocycles. The van der Waals surface area contributed by atoms with Crippen molar-refractivity contribution < 1.29 is 28.2 Å². The summed E-state index contributed by atoms with van der Waals surface area (Å²) >= 11 is 0. The smallest absolute Gasteiger partial charge is 0.337 e. The van der Waals surface area contributed by atoms with Crippen LogP contribution in [0.1, 0.15) is 21.5 Å². The summed E-state index contributed by atoms with van der Waals surface area (Å²) in [6, 6.07) is 8.78. The SMILES string of the molecule is CS(=O)(=O)Nc1ccc(O)c(C(=N)C(=O)Nc2ccc(C#N)cc2C(=O)O)c1. The van der Waals surface area contributed by atoms with Crippen LogP contribution in [-0.4, -0.2) is 42.5 Å². The highest BCUT2D eigenvalue weighted by atomic mass is 32.2. The number of nitrogens with one attached hydrogen (secondary N) is 3. The predicted octanol–water partition coefficient (Wildman–Crippen LogP) is 1.34. The molecule has 11 heteroatoms. The first-order valence-electron chi connectivity index (χ1n) is 7.50. The van der Waals surface area contributed by atoms with Crippen LogP contribution in [0.5, 0.6) is 5.75 Å². The van der Waals surface area contributed by atoms with Gasteiger partial charge in [0.2, 0.25) is 10.0 Å². The van der Waals surface area contributed by atoms with Gasteiger partial charge in [0, 0.05) is 11.3 Å². The maximum atomic E-state index is 12.3. The molecule has 0 fully saturated rings. The van der Waals surface area contributed by atoms with Gasteiger partial charge in [0.1, 0.15) is 11.5 Å². The van der Waals surface area contributed by atoms with Gasteiger partial charge in [-0.3, -0.25) is 14.9 Å². The molecule has 144 valence electrons. The molecule has 0 aliphatic heterocycles. The number of carbonyl (C=O) groups excluding carboxylic acids is 1. The van der Waals surface area contributed by atoms with Crippen LogP contribution in [0.15, 0.2) is 36.4 Å². The maximum Gasteiger partial charge on any atom is 0.337 e. The van der Waals surface area contributed by atoms with Gasteiger partial charge in [-0.05, 0) is 36.4 Å². The summed E-state index contributed by atoms with van der Waals surface area (Å²) in [5.74, 6) is -2.88. The van der Waals surface area contributed by atoms with Gasteiger partial charge in [-0.25, -0.2) is 13.2 Å². The minimum Gasteiger partial charge on any atom is -0.507 e. The van der Waals surface area contributed by atoms with E-state index in [1.807, 2.05) is 0 Å². The minimum absolute atomic E-state index is 0.0254. The van der Waals surface area contributed by atoms with E-state index in [0.717, 1.165) is 24.5 Å². The summed E-state index contributed by atoms with van der Waals surface area (Å²) in [7, 11) is -3.62. The average molecular weight is 402 g/mol. The predicted molar refractivity (Wildman–Crippen MR) is 100 cm³/mol. The number of amides is 1. The van der Waals surface area contributed by atoms with Gasteiger partial charge in [0.15, 0.2) is 0 Å². The highest BCUT2D eigenvalue weighted by molar-refractivity contribution is 7.92. The fourth-order valence-electron chi connectivity index (χ4n) is 2.22. The van der Waals surface area contributed by atoms with Crippen LogP contribution >= 0.6 is 0 Å². The van der Waals surface area contributed by atoms with Gasteiger partial charge in [-0.2, -0.15) is 5.26 Å². The summed E-state index contributed by atoms with van der Waals surface area (Å²) in [6.07, 6.45) is 0.913. The van der Waals surface area contributed by atoms with Crippen molar-refractivity contribution in [1.82, 2.24) is 0 Å². The number of sulfonamides is 1. The van der Waals surface area contributed by atoms with Crippen LogP contribution in [0.2, 0.25) is 0 Å². The molecule has 0 radical (unpaired) electrons. The maximum absolute atomic E-state index is 12.3. The molecule has 2 rings (SSSR count). The zero-order valence-electron chi connectivity index (χ0n) is 14.3. The molecule has 0 aliphatic rings. The quantitative estimate of drug-likeness (QED) is 0.357. The van der Waals surface area contributed by atoms with E-state index < -0.39 is 33.4 Å². The standard InChI is InChI=1S/C17H14N4O6S/c1-28(26,27)21-10-3-5-14(22)12(7-10)15(19)16(23)20-13-4-2-9(8-18)6-11(13)17(24)25/h2-7,19,21-22H,1H3,(H,20,23)(H,24,25). The molecule has 0 spiro atoms. The second kappa shape index (κ2) is 7.77. The summed E-state index contributed by atoms with van der Waals surface area (Å²) in [5, 5.41) is 38.2. The van der Waals surface area contributed by atoms with E-state index >= 15 is 0 Å². The van der Waals surface area contributed by atoms with Gasteiger partial charge in [-0.15, -0.1) is 0 Å². The highest BCUT2D eigenvalue weighted by Gasteiger charge is 2.20. The Labute approximate surface area is 159 Å². The lowest BCUT2D eigenvalue weighted by atomic mass is 10.1. The molecule has 0 unspecified atom stereocenters. The number of phenols is 1. The summed E-state index contributed by atoms with van der Waals surface area (Å²) in [6.45, 7) is 0. The van der Waals surface area contributed by atoms with Crippen molar-refractivity contribution in [2.45, 2.75) is 0 Å². The number of aromatic carboxylic acids is 1. The molecule has 0 atom stereocenters. The lowest BCUT2D eigenvalue weighted by Gasteiger charge is -2.12. The van der Waals surface area contributed by atoms with E-state index in [0.29, 0.717) is 0 Å². The third kappa shape index (κ3) is 4.83. The van der Waals surface area contributed by atoms with Crippen molar-refractivity contribution in [3.05, 3.63) is 53.1 Å². The molecule has 0 aliphatic carbocycles. The summed E-state index contributed by atoms with van der Waals surface area (Å²) in [5.41, 5.74) is -1.39. The van der Waals surface area contributed by atoms with Crippen molar-refractivity contribution in [2.24, 2.45) is 0 Å². The molecule has 28 heavy (non-hydrogen) atoms. The van der Waals surface area contributed by atoms with Crippen LogP contribution in [-0.2, 0) is 14.8 Å². The fourth-order valence-corrected chi connectivity index (χ4v) is 2.78. The monoisotopic (exact) mass is 402 g/mol. The third-order valence-corrected chi connectivity index (χ3v) is 4.03. The summed E-state index contributed by atoms with van der Waals surface area (Å²) < 4.78 is 24.8. The number of nitrogens with zero attached hydrogens (tertiary/aromatic N) is 1. The molecule has 5 N–H and O–H groups in total. The first-order valence-corrected chi connectivity index (χ1v) is 9.39. The molecule has 0 saturated carbocycles. The fraction of sp³-hybridized carbons (Fsp3) is 0.0588. The molecule has 2 aromatic rings. The normalized spacial score (nSPS) is 10.6. The summed E-state index contributed by atoms with van der Waals surface area (Å²) in [4.78, 5) is 23.7. The molecular formula is C17H14N4O6S. The average Bonchev–Trinajstić information content (AvgIpc) is 2.61. The number of hydrogen-bond donors (Lipinski definition) is 5. The van der Waals surface area contributed by atoms with Crippen LogP contribution in [0.3, 0.4) is 0 Å². The highest BCUT2D eigenvalue weighted by Crippen LogP contribution is 2.24. The van der Waals surface area contributed by atoms with Crippen LogP contribution in [0, 0.1) is 16.7 Å². The second-order valence-corrected chi connectivity index (χ2v) is 7.36. The minimum atomic E-state index is -3.62. The van der Waals surface area contributed by atoms with Crippen molar-refractivity contribution >= 4 is 39.0 Å².